The molecule has 1 aliphatic heterocycles. The number of piperazine rings is 1. The normalized spacial score (nSPS) is 21.6. The smallest absolute Gasteiger partial charge is 0.289 e. The first-order chi connectivity index (χ1) is 16.5. The summed E-state index contributed by atoms with van der Waals surface area (Å²) >= 11 is 0. The second kappa shape index (κ2) is 8.39. The number of carbonyl (C=O) groups is 2. The van der Waals surface area contributed by atoms with Gasteiger partial charge in [0.2, 0.25) is 5.91 Å². The fourth-order valence-corrected chi connectivity index (χ4v) is 4.66. The lowest BCUT2D eigenvalue weighted by molar-refractivity contribution is -0.139. The predicted molar refractivity (Wildman–Crippen MR) is 124 cm³/mol. The largest absolute Gasteiger partial charge is 0.449 e. The number of hydrogen-bond acceptors (Lipinski definition) is 4. The molecule has 1 saturated carbocycles. The second-order valence-electron chi connectivity index (χ2n) is 9.73. The summed E-state index contributed by atoms with van der Waals surface area (Å²) in [4.78, 5) is 33.3. The third kappa shape index (κ3) is 4.28. The molecule has 2 aliphatic rings. The summed E-state index contributed by atoms with van der Waals surface area (Å²) in [6.07, 6.45) is -0.401. The minimum atomic E-state index is -2.91. The molecule has 9 heteroatoms. The topological polar surface area (TPSA) is 66.7 Å². The van der Waals surface area contributed by atoms with Gasteiger partial charge in [-0.25, -0.2) is 18.2 Å². The van der Waals surface area contributed by atoms with Gasteiger partial charge >= 0.3 is 0 Å². The Morgan fingerprint density at radius 1 is 1.14 bits per heavy atom. The number of fused-ring (bicyclic) bond motifs is 1. The van der Waals surface area contributed by atoms with Gasteiger partial charge in [-0.1, -0.05) is 13.8 Å². The van der Waals surface area contributed by atoms with Crippen molar-refractivity contribution in [2.24, 2.45) is 5.92 Å². The number of aromatic nitrogens is 1. The summed E-state index contributed by atoms with van der Waals surface area (Å²) in [5, 5.41) is 0. The molecule has 5 rings (SSSR count). The highest BCUT2D eigenvalue weighted by molar-refractivity contribution is 5.96. The number of alkyl halides is 2. The standard InChI is InChI=1S/C26H26F3N3O3/c1-14(2)18-10-20(16-4-6-17(27)7-5-16)30-21-11-22(35-23(18)21)25(34)31-8-9-32(15(3)13-31)24(33)19-12-26(19,28)29/h4-7,10-11,14-15,19H,8-9,12-13H2,1-3H3/t15-,19?/m0/s1. The third-order valence-electron chi connectivity index (χ3n) is 6.80. The predicted octanol–water partition coefficient (Wildman–Crippen LogP) is 5.09. The Morgan fingerprint density at radius 3 is 2.43 bits per heavy atom. The Kier molecular flexibility index (Phi) is 5.61. The lowest BCUT2D eigenvalue weighted by Crippen LogP contribution is -2.56. The maximum atomic E-state index is 13.4. The van der Waals surface area contributed by atoms with Crippen molar-refractivity contribution >= 4 is 22.9 Å². The minimum absolute atomic E-state index is 0.0870. The first-order valence-electron chi connectivity index (χ1n) is 11.7. The Labute approximate surface area is 200 Å². The van der Waals surface area contributed by atoms with E-state index in [1.807, 2.05) is 19.9 Å². The molecule has 3 aromatic rings. The van der Waals surface area contributed by atoms with Crippen molar-refractivity contribution in [1.29, 1.82) is 0 Å². The van der Waals surface area contributed by atoms with Gasteiger partial charge in [0, 0.05) is 49.3 Å². The molecule has 2 fully saturated rings. The van der Waals surface area contributed by atoms with Crippen LogP contribution >= 0.6 is 0 Å². The van der Waals surface area contributed by atoms with Crippen LogP contribution in [-0.4, -0.2) is 58.2 Å². The molecule has 0 N–H and O–H groups in total. The van der Waals surface area contributed by atoms with Crippen LogP contribution in [0.1, 0.15) is 49.2 Å². The molecule has 0 spiro atoms. The van der Waals surface area contributed by atoms with Gasteiger partial charge < -0.3 is 14.2 Å². The number of halogens is 3. The lowest BCUT2D eigenvalue weighted by Gasteiger charge is -2.39. The van der Waals surface area contributed by atoms with Crippen molar-refractivity contribution in [3.63, 3.8) is 0 Å². The summed E-state index contributed by atoms with van der Waals surface area (Å²) in [6, 6.07) is 9.16. The third-order valence-corrected chi connectivity index (χ3v) is 6.80. The van der Waals surface area contributed by atoms with Crippen LogP contribution in [0.4, 0.5) is 13.2 Å². The van der Waals surface area contributed by atoms with E-state index in [9.17, 15) is 22.8 Å². The van der Waals surface area contributed by atoms with E-state index in [4.69, 9.17) is 4.42 Å². The zero-order valence-corrected chi connectivity index (χ0v) is 19.7. The molecular weight excluding hydrogens is 459 g/mol. The summed E-state index contributed by atoms with van der Waals surface area (Å²) in [7, 11) is 0. The van der Waals surface area contributed by atoms with Gasteiger partial charge in [-0.3, -0.25) is 9.59 Å². The first kappa shape index (κ1) is 23.4. The number of pyridine rings is 1. The molecule has 35 heavy (non-hydrogen) atoms. The van der Waals surface area contributed by atoms with Crippen molar-refractivity contribution in [2.45, 2.75) is 45.1 Å². The average molecular weight is 486 g/mol. The van der Waals surface area contributed by atoms with Crippen LogP contribution in [0.15, 0.2) is 40.8 Å². The summed E-state index contributed by atoms with van der Waals surface area (Å²) in [5.41, 5.74) is 3.32. The number of hydrogen-bond donors (Lipinski definition) is 0. The zero-order valence-electron chi connectivity index (χ0n) is 19.7. The monoisotopic (exact) mass is 485 g/mol. The van der Waals surface area contributed by atoms with E-state index in [1.54, 1.807) is 30.0 Å². The van der Waals surface area contributed by atoms with E-state index in [2.05, 4.69) is 4.98 Å². The quantitative estimate of drug-likeness (QED) is 0.517. The van der Waals surface area contributed by atoms with E-state index in [-0.39, 0.29) is 49.1 Å². The summed E-state index contributed by atoms with van der Waals surface area (Å²) in [6.45, 7) is 6.43. The molecule has 3 heterocycles. The molecule has 2 atom stereocenters. The highest BCUT2D eigenvalue weighted by Crippen LogP contribution is 2.49. The number of carbonyl (C=O) groups excluding carboxylic acids is 2. The molecule has 1 saturated heterocycles. The number of furan rings is 1. The van der Waals surface area contributed by atoms with Gasteiger partial charge in [0.05, 0.1) is 5.69 Å². The van der Waals surface area contributed by atoms with Crippen LogP contribution in [0.5, 0.6) is 0 Å². The molecule has 1 aromatic carbocycles. The van der Waals surface area contributed by atoms with Gasteiger partial charge in [0.15, 0.2) is 11.3 Å². The Bertz CT molecular complexity index is 1300. The molecule has 6 nitrogen and oxygen atoms in total. The lowest BCUT2D eigenvalue weighted by atomic mass is 10.00. The van der Waals surface area contributed by atoms with E-state index in [0.29, 0.717) is 16.8 Å². The van der Waals surface area contributed by atoms with E-state index in [0.717, 1.165) is 11.1 Å². The number of rotatable bonds is 4. The van der Waals surface area contributed by atoms with Crippen molar-refractivity contribution in [3.8, 4) is 11.3 Å². The Hall–Kier alpha value is -3.36. The van der Waals surface area contributed by atoms with Crippen LogP contribution in [0.25, 0.3) is 22.4 Å². The van der Waals surface area contributed by atoms with Crippen LogP contribution in [0, 0.1) is 11.7 Å². The van der Waals surface area contributed by atoms with Gasteiger partial charge in [-0.15, -0.1) is 0 Å². The molecular formula is C26H26F3N3O3. The maximum absolute atomic E-state index is 13.4. The van der Waals surface area contributed by atoms with Crippen LogP contribution < -0.4 is 0 Å². The molecule has 0 radical (unpaired) electrons. The van der Waals surface area contributed by atoms with E-state index < -0.39 is 24.2 Å². The highest BCUT2D eigenvalue weighted by atomic mass is 19.3. The SMILES string of the molecule is CC(C)c1cc(-c2ccc(F)cc2)nc2cc(C(=O)N3CCN(C(=O)C4CC4(F)F)[C@@H](C)C3)oc12. The number of nitrogens with zero attached hydrogens (tertiary/aromatic N) is 3. The minimum Gasteiger partial charge on any atom is -0.449 e. The number of amides is 2. The molecule has 184 valence electrons. The molecule has 2 aromatic heterocycles. The maximum Gasteiger partial charge on any atom is 0.289 e. The molecule has 0 bridgehead atoms. The van der Waals surface area contributed by atoms with Crippen molar-refractivity contribution in [2.75, 3.05) is 19.6 Å². The molecule has 2 amide bonds. The van der Waals surface area contributed by atoms with Gasteiger partial charge in [-0.2, -0.15) is 0 Å². The average Bonchev–Trinajstić information content (AvgIpc) is 3.25. The van der Waals surface area contributed by atoms with Gasteiger partial charge in [0.1, 0.15) is 17.3 Å². The van der Waals surface area contributed by atoms with Gasteiger partial charge in [-0.05, 0) is 43.2 Å². The molecule has 1 unspecified atom stereocenters. The van der Waals surface area contributed by atoms with Crippen LogP contribution in [0.3, 0.4) is 0 Å². The highest BCUT2D eigenvalue weighted by Gasteiger charge is 2.62. The van der Waals surface area contributed by atoms with E-state index in [1.165, 1.54) is 17.0 Å². The van der Waals surface area contributed by atoms with Crippen molar-refractivity contribution in [1.82, 2.24) is 14.8 Å². The Balaban J connectivity index is 1.39. The summed E-state index contributed by atoms with van der Waals surface area (Å²) in [5.74, 6) is -5.15. The number of benzene rings is 1. The second-order valence-corrected chi connectivity index (χ2v) is 9.73. The summed E-state index contributed by atoms with van der Waals surface area (Å²) < 4.78 is 46.1. The first-order valence-corrected chi connectivity index (χ1v) is 11.7. The van der Waals surface area contributed by atoms with Crippen LogP contribution in [0.2, 0.25) is 0 Å². The zero-order chi connectivity index (χ0) is 25.1. The fourth-order valence-electron chi connectivity index (χ4n) is 4.66. The molecule has 1 aliphatic carbocycles. The van der Waals surface area contributed by atoms with Crippen molar-refractivity contribution in [3.05, 3.63) is 53.5 Å². The Morgan fingerprint density at radius 2 is 1.83 bits per heavy atom. The van der Waals surface area contributed by atoms with E-state index >= 15 is 0 Å². The van der Waals surface area contributed by atoms with Gasteiger partial charge in [0.25, 0.3) is 11.8 Å². The van der Waals surface area contributed by atoms with Crippen LogP contribution in [-0.2, 0) is 4.79 Å². The van der Waals surface area contributed by atoms with Crippen molar-refractivity contribution < 1.29 is 27.2 Å². The fraction of sp³-hybridized carbons (Fsp3) is 0.423.